The monoisotopic (exact) mass is 365 g/mol. The molecular formula is C18H23NO7. The normalized spacial score (nSPS) is 22.7. The fourth-order valence-electron chi connectivity index (χ4n) is 2.99. The highest BCUT2D eigenvalue weighted by molar-refractivity contribution is 5.86. The molecule has 0 spiro atoms. The van der Waals surface area contributed by atoms with Crippen molar-refractivity contribution in [1.29, 1.82) is 0 Å². The number of rotatable bonds is 7. The molecule has 0 radical (unpaired) electrons. The smallest absolute Gasteiger partial charge is 0.340 e. The molecule has 0 aromatic heterocycles. The van der Waals surface area contributed by atoms with Gasteiger partial charge in [0.2, 0.25) is 0 Å². The molecule has 1 aromatic rings. The Hall–Kier alpha value is -2.45. The summed E-state index contributed by atoms with van der Waals surface area (Å²) in [6.07, 6.45) is -0.0104. The summed E-state index contributed by atoms with van der Waals surface area (Å²) in [5.41, 5.74) is -0.605. The summed E-state index contributed by atoms with van der Waals surface area (Å²) in [5.74, 6) is -1.65. The van der Waals surface area contributed by atoms with Gasteiger partial charge in [0, 0.05) is 13.0 Å². The van der Waals surface area contributed by atoms with Gasteiger partial charge >= 0.3 is 17.9 Å². The van der Waals surface area contributed by atoms with Gasteiger partial charge in [0.05, 0.1) is 40.2 Å². The van der Waals surface area contributed by atoms with Gasteiger partial charge in [-0.25, -0.2) is 4.79 Å². The maximum Gasteiger partial charge on any atom is 0.340 e. The zero-order valence-corrected chi connectivity index (χ0v) is 15.1. The van der Waals surface area contributed by atoms with E-state index in [2.05, 4.69) is 4.74 Å². The molecule has 1 aromatic carbocycles. The van der Waals surface area contributed by atoms with E-state index in [4.69, 9.17) is 14.3 Å². The Morgan fingerprint density at radius 1 is 1.08 bits per heavy atom. The van der Waals surface area contributed by atoms with Crippen LogP contribution in [0.15, 0.2) is 30.3 Å². The van der Waals surface area contributed by atoms with Crippen LogP contribution in [0, 0.1) is 0 Å². The fraction of sp³-hybridized carbons (Fsp3) is 0.500. The van der Waals surface area contributed by atoms with Gasteiger partial charge in [0.1, 0.15) is 0 Å². The minimum absolute atomic E-state index is 0.0787. The summed E-state index contributed by atoms with van der Waals surface area (Å²) in [6, 6.07) is 9.07. The van der Waals surface area contributed by atoms with Crippen molar-refractivity contribution in [3.05, 3.63) is 35.9 Å². The zero-order chi connectivity index (χ0) is 19.2. The molecule has 2 rings (SSSR count). The Morgan fingerprint density at radius 3 is 2.31 bits per heavy atom. The number of nitrogens with zero attached hydrogens (tertiary/aromatic N) is 1. The van der Waals surface area contributed by atoms with Crippen LogP contribution in [0.4, 0.5) is 0 Å². The van der Waals surface area contributed by atoms with E-state index in [9.17, 15) is 14.4 Å². The number of benzene rings is 1. The largest absolute Gasteiger partial charge is 0.469 e. The van der Waals surface area contributed by atoms with Crippen LogP contribution in [0.25, 0.3) is 0 Å². The first-order valence-corrected chi connectivity index (χ1v) is 8.18. The third-order valence-electron chi connectivity index (χ3n) is 4.33. The van der Waals surface area contributed by atoms with Gasteiger partial charge in [-0.3, -0.25) is 14.4 Å². The fourth-order valence-corrected chi connectivity index (χ4v) is 2.99. The summed E-state index contributed by atoms with van der Waals surface area (Å²) in [7, 11) is 3.78. The molecule has 1 aliphatic rings. The Kier molecular flexibility index (Phi) is 6.70. The van der Waals surface area contributed by atoms with Crippen molar-refractivity contribution in [2.24, 2.45) is 0 Å². The molecule has 0 saturated carbocycles. The van der Waals surface area contributed by atoms with Gasteiger partial charge in [-0.05, 0) is 5.56 Å². The Labute approximate surface area is 151 Å². The molecule has 1 saturated heterocycles. The molecule has 26 heavy (non-hydrogen) atoms. The van der Waals surface area contributed by atoms with E-state index in [0.717, 1.165) is 5.56 Å². The Balaban J connectivity index is 2.32. The van der Waals surface area contributed by atoms with Crippen molar-refractivity contribution >= 4 is 17.9 Å². The second-order valence-corrected chi connectivity index (χ2v) is 5.93. The molecular weight excluding hydrogens is 342 g/mol. The SMILES string of the molecule is COC(=O)CCN1OC(CC(=O)OC)(C(=O)OC)CC1c1ccccc1. The maximum absolute atomic E-state index is 12.4. The lowest BCUT2D eigenvalue weighted by atomic mass is 9.89. The van der Waals surface area contributed by atoms with Crippen molar-refractivity contribution in [3.63, 3.8) is 0 Å². The summed E-state index contributed by atoms with van der Waals surface area (Å²) in [5, 5.41) is 1.53. The summed E-state index contributed by atoms with van der Waals surface area (Å²) in [6.45, 7) is 0.201. The minimum Gasteiger partial charge on any atom is -0.469 e. The third-order valence-corrected chi connectivity index (χ3v) is 4.33. The van der Waals surface area contributed by atoms with Crippen molar-refractivity contribution in [2.45, 2.75) is 30.9 Å². The van der Waals surface area contributed by atoms with Crippen LogP contribution in [-0.4, -0.2) is 56.4 Å². The number of carbonyl (C=O) groups excluding carboxylic acids is 3. The molecule has 8 heteroatoms. The van der Waals surface area contributed by atoms with E-state index in [1.54, 1.807) is 0 Å². The lowest BCUT2D eigenvalue weighted by molar-refractivity contribution is -0.224. The maximum atomic E-state index is 12.4. The predicted octanol–water partition coefficient (Wildman–Crippen LogP) is 1.40. The second-order valence-electron chi connectivity index (χ2n) is 5.93. The first-order valence-electron chi connectivity index (χ1n) is 8.18. The number of hydroxylamine groups is 2. The van der Waals surface area contributed by atoms with Crippen LogP contribution in [0.5, 0.6) is 0 Å². The quantitative estimate of drug-likeness (QED) is 0.529. The van der Waals surface area contributed by atoms with Gasteiger partial charge < -0.3 is 14.2 Å². The highest BCUT2D eigenvalue weighted by atomic mass is 16.7. The average Bonchev–Trinajstić information content (AvgIpc) is 3.05. The molecule has 1 aliphatic heterocycles. The van der Waals surface area contributed by atoms with E-state index in [1.165, 1.54) is 26.4 Å². The number of esters is 3. The number of hydrogen-bond acceptors (Lipinski definition) is 8. The first kappa shape index (κ1) is 19.9. The van der Waals surface area contributed by atoms with E-state index < -0.39 is 23.5 Å². The van der Waals surface area contributed by atoms with E-state index in [1.807, 2.05) is 30.3 Å². The lowest BCUT2D eigenvalue weighted by Gasteiger charge is -2.25. The third kappa shape index (κ3) is 4.39. The average molecular weight is 365 g/mol. The number of hydrogen-bond donors (Lipinski definition) is 0. The minimum atomic E-state index is -1.50. The highest BCUT2D eigenvalue weighted by Crippen LogP contribution is 2.43. The molecule has 0 N–H and O–H groups in total. The predicted molar refractivity (Wildman–Crippen MR) is 89.6 cm³/mol. The van der Waals surface area contributed by atoms with Crippen LogP contribution < -0.4 is 0 Å². The molecule has 0 aliphatic carbocycles. The molecule has 0 bridgehead atoms. The summed E-state index contributed by atoms with van der Waals surface area (Å²) < 4.78 is 14.2. The van der Waals surface area contributed by atoms with Crippen LogP contribution in [0.2, 0.25) is 0 Å². The van der Waals surface area contributed by atoms with E-state index >= 15 is 0 Å². The molecule has 142 valence electrons. The van der Waals surface area contributed by atoms with Crippen LogP contribution in [-0.2, 0) is 33.4 Å². The summed E-state index contributed by atoms with van der Waals surface area (Å²) >= 11 is 0. The van der Waals surface area contributed by atoms with Crippen molar-refractivity contribution in [3.8, 4) is 0 Å². The Bertz CT molecular complexity index is 648. The number of carbonyl (C=O) groups is 3. The van der Waals surface area contributed by atoms with Gasteiger partial charge in [-0.2, -0.15) is 5.06 Å². The van der Waals surface area contributed by atoms with E-state index in [-0.39, 0.29) is 31.8 Å². The second kappa shape index (κ2) is 8.77. The Morgan fingerprint density at radius 2 is 1.73 bits per heavy atom. The molecule has 1 fully saturated rings. The highest BCUT2D eigenvalue weighted by Gasteiger charge is 2.54. The zero-order valence-electron chi connectivity index (χ0n) is 15.1. The van der Waals surface area contributed by atoms with Gasteiger partial charge in [0.25, 0.3) is 0 Å². The molecule has 2 unspecified atom stereocenters. The van der Waals surface area contributed by atoms with Gasteiger partial charge in [-0.1, -0.05) is 30.3 Å². The number of methoxy groups -OCH3 is 3. The molecule has 0 amide bonds. The van der Waals surface area contributed by atoms with Crippen molar-refractivity contribution < 1.29 is 33.4 Å². The number of ether oxygens (including phenoxy) is 3. The molecule has 1 heterocycles. The van der Waals surface area contributed by atoms with Crippen LogP contribution in [0.3, 0.4) is 0 Å². The lowest BCUT2D eigenvalue weighted by Crippen LogP contribution is -2.43. The van der Waals surface area contributed by atoms with Gasteiger partial charge in [0.15, 0.2) is 5.60 Å². The molecule has 8 nitrogen and oxygen atoms in total. The van der Waals surface area contributed by atoms with Gasteiger partial charge in [-0.15, -0.1) is 0 Å². The van der Waals surface area contributed by atoms with Crippen LogP contribution in [0.1, 0.15) is 30.9 Å². The van der Waals surface area contributed by atoms with E-state index in [0.29, 0.717) is 0 Å². The van der Waals surface area contributed by atoms with Crippen molar-refractivity contribution in [2.75, 3.05) is 27.9 Å². The molecule has 2 atom stereocenters. The van der Waals surface area contributed by atoms with Crippen LogP contribution >= 0.6 is 0 Å². The topological polar surface area (TPSA) is 91.4 Å². The standard InChI is InChI=1S/C18H23NO7/c1-23-15(20)9-10-19-14(13-7-5-4-6-8-13)11-18(26-19,17(22)25-3)12-16(21)24-2/h4-8,14H,9-12H2,1-3H3. The van der Waals surface area contributed by atoms with Crippen molar-refractivity contribution in [1.82, 2.24) is 5.06 Å². The summed E-state index contributed by atoms with van der Waals surface area (Å²) in [4.78, 5) is 41.7. The first-order chi connectivity index (χ1) is 12.5.